The summed E-state index contributed by atoms with van der Waals surface area (Å²) in [6, 6.07) is 14.9. The minimum absolute atomic E-state index is 0. The number of nitrogen functional groups attached to an aromatic ring is 1. The zero-order chi connectivity index (χ0) is 19.4. The van der Waals surface area contributed by atoms with Crippen LogP contribution < -0.4 is 11.1 Å². The summed E-state index contributed by atoms with van der Waals surface area (Å²) in [6.45, 7) is 6.56. The summed E-state index contributed by atoms with van der Waals surface area (Å²) in [4.78, 5) is 17.1. The molecule has 0 bridgehead atoms. The standard InChI is InChI=1S/C21H24N4O2.ClH/c1-21(2,3)20-24-19(27-25-20)17-7-5-4-6-16(17)18(26)23-13-12-14-8-10-15(22)11-9-14;/h4-11H,12-13,22H2,1-3H3,(H,23,26);1H. The highest BCUT2D eigenvalue weighted by molar-refractivity contribution is 5.99. The molecule has 6 nitrogen and oxygen atoms in total. The first-order valence-corrected chi connectivity index (χ1v) is 8.91. The Morgan fingerprint density at radius 2 is 1.79 bits per heavy atom. The van der Waals surface area contributed by atoms with Crippen molar-refractivity contribution in [3.8, 4) is 11.5 Å². The second kappa shape index (κ2) is 8.89. The fraction of sp³-hybridized carbons (Fsp3) is 0.286. The van der Waals surface area contributed by atoms with Gasteiger partial charge >= 0.3 is 0 Å². The molecule has 7 heteroatoms. The predicted octanol–water partition coefficient (Wildman–Crippen LogP) is 4.01. The molecule has 28 heavy (non-hydrogen) atoms. The van der Waals surface area contributed by atoms with Crippen LogP contribution in [0.5, 0.6) is 0 Å². The molecule has 0 aliphatic carbocycles. The summed E-state index contributed by atoms with van der Waals surface area (Å²) in [5.74, 6) is 0.789. The maximum Gasteiger partial charge on any atom is 0.258 e. The smallest absolute Gasteiger partial charge is 0.258 e. The zero-order valence-corrected chi connectivity index (χ0v) is 17.0. The summed E-state index contributed by atoms with van der Waals surface area (Å²) < 4.78 is 5.40. The largest absolute Gasteiger partial charge is 0.399 e. The minimum Gasteiger partial charge on any atom is -0.399 e. The first kappa shape index (κ1) is 21.4. The van der Waals surface area contributed by atoms with Gasteiger partial charge in [-0.25, -0.2) is 0 Å². The number of nitrogens with zero attached hydrogens (tertiary/aromatic N) is 2. The number of hydrogen-bond donors (Lipinski definition) is 2. The lowest BCUT2D eigenvalue weighted by Gasteiger charge is -2.11. The second-order valence-corrected chi connectivity index (χ2v) is 7.47. The van der Waals surface area contributed by atoms with Gasteiger partial charge in [-0.2, -0.15) is 4.98 Å². The van der Waals surface area contributed by atoms with Gasteiger partial charge in [-0.05, 0) is 36.2 Å². The van der Waals surface area contributed by atoms with Gasteiger partial charge in [0.1, 0.15) is 0 Å². The molecular weight excluding hydrogens is 376 g/mol. The quantitative estimate of drug-likeness (QED) is 0.631. The number of hydrogen-bond acceptors (Lipinski definition) is 5. The van der Waals surface area contributed by atoms with Crippen molar-refractivity contribution in [2.75, 3.05) is 12.3 Å². The molecule has 0 radical (unpaired) electrons. The Bertz CT molecular complexity index is 930. The Labute approximate surface area is 170 Å². The van der Waals surface area contributed by atoms with Gasteiger partial charge in [-0.1, -0.05) is 50.2 Å². The summed E-state index contributed by atoms with van der Waals surface area (Å²) in [5.41, 5.74) is 8.45. The Hall–Kier alpha value is -2.86. The van der Waals surface area contributed by atoms with Crippen molar-refractivity contribution in [3.63, 3.8) is 0 Å². The third-order valence-corrected chi connectivity index (χ3v) is 4.18. The Balaban J connectivity index is 0.00000280. The third kappa shape index (κ3) is 5.10. The SMILES string of the molecule is CC(C)(C)c1noc(-c2ccccc2C(=O)NCCc2ccc(N)cc2)n1.Cl. The number of amides is 1. The van der Waals surface area contributed by atoms with Crippen molar-refractivity contribution in [2.24, 2.45) is 0 Å². The molecule has 3 rings (SSSR count). The molecule has 2 aromatic carbocycles. The fourth-order valence-corrected chi connectivity index (χ4v) is 2.61. The molecule has 1 heterocycles. The van der Waals surface area contributed by atoms with Crippen LogP contribution in [-0.4, -0.2) is 22.6 Å². The highest BCUT2D eigenvalue weighted by Crippen LogP contribution is 2.26. The minimum atomic E-state index is -0.224. The number of benzene rings is 2. The number of anilines is 1. The van der Waals surface area contributed by atoms with Gasteiger partial charge in [-0.15, -0.1) is 12.4 Å². The number of nitrogens with one attached hydrogen (secondary N) is 1. The molecule has 0 aliphatic heterocycles. The first-order chi connectivity index (χ1) is 12.8. The topological polar surface area (TPSA) is 94.0 Å². The number of carbonyl (C=O) groups excluding carboxylic acids is 1. The van der Waals surface area contributed by atoms with Crippen LogP contribution in [0.3, 0.4) is 0 Å². The lowest BCUT2D eigenvalue weighted by atomic mass is 9.96. The van der Waals surface area contributed by atoms with E-state index >= 15 is 0 Å². The van der Waals surface area contributed by atoms with E-state index in [0.29, 0.717) is 29.4 Å². The van der Waals surface area contributed by atoms with Gasteiger partial charge < -0.3 is 15.6 Å². The van der Waals surface area contributed by atoms with E-state index in [9.17, 15) is 4.79 Å². The van der Waals surface area contributed by atoms with Crippen LogP contribution in [-0.2, 0) is 11.8 Å². The molecule has 148 valence electrons. The summed E-state index contributed by atoms with van der Waals surface area (Å²) in [7, 11) is 0. The van der Waals surface area contributed by atoms with Crippen LogP contribution in [0.25, 0.3) is 11.5 Å². The van der Waals surface area contributed by atoms with Crippen molar-refractivity contribution in [2.45, 2.75) is 32.6 Å². The van der Waals surface area contributed by atoms with E-state index in [0.717, 1.165) is 17.7 Å². The van der Waals surface area contributed by atoms with Crippen LogP contribution in [0.1, 0.15) is 42.5 Å². The lowest BCUT2D eigenvalue weighted by Crippen LogP contribution is -2.26. The molecule has 1 amide bonds. The van der Waals surface area contributed by atoms with E-state index in [1.165, 1.54) is 0 Å². The van der Waals surface area contributed by atoms with Gasteiger partial charge in [0.05, 0.1) is 11.1 Å². The second-order valence-electron chi connectivity index (χ2n) is 7.47. The number of carbonyl (C=O) groups is 1. The van der Waals surface area contributed by atoms with Crippen LogP contribution >= 0.6 is 12.4 Å². The van der Waals surface area contributed by atoms with E-state index in [4.69, 9.17) is 10.3 Å². The third-order valence-electron chi connectivity index (χ3n) is 4.18. The Kier molecular flexibility index (Phi) is 6.80. The average molecular weight is 401 g/mol. The van der Waals surface area contributed by atoms with E-state index in [2.05, 4.69) is 15.5 Å². The summed E-state index contributed by atoms with van der Waals surface area (Å²) >= 11 is 0. The lowest BCUT2D eigenvalue weighted by molar-refractivity contribution is 0.0954. The zero-order valence-electron chi connectivity index (χ0n) is 16.2. The van der Waals surface area contributed by atoms with Crippen molar-refractivity contribution < 1.29 is 9.32 Å². The molecule has 0 saturated heterocycles. The van der Waals surface area contributed by atoms with E-state index in [1.807, 2.05) is 63.2 Å². The molecule has 0 atom stereocenters. The maximum absolute atomic E-state index is 12.7. The van der Waals surface area contributed by atoms with E-state index < -0.39 is 0 Å². The van der Waals surface area contributed by atoms with Crippen molar-refractivity contribution >= 4 is 24.0 Å². The van der Waals surface area contributed by atoms with Gasteiger partial charge in [0.2, 0.25) is 0 Å². The number of halogens is 1. The van der Waals surface area contributed by atoms with Gasteiger partial charge in [-0.3, -0.25) is 4.79 Å². The average Bonchev–Trinajstić information content (AvgIpc) is 3.14. The Morgan fingerprint density at radius 3 is 2.43 bits per heavy atom. The molecule has 3 N–H and O–H groups in total. The molecular formula is C21H25ClN4O2. The number of nitrogens with two attached hydrogens (primary N) is 1. The molecule has 1 aromatic heterocycles. The molecule has 3 aromatic rings. The van der Waals surface area contributed by atoms with Crippen LogP contribution in [0.4, 0.5) is 5.69 Å². The summed E-state index contributed by atoms with van der Waals surface area (Å²) in [6.07, 6.45) is 0.725. The Morgan fingerprint density at radius 1 is 1.11 bits per heavy atom. The van der Waals surface area contributed by atoms with Crippen LogP contribution in [0, 0.1) is 0 Å². The highest BCUT2D eigenvalue weighted by Gasteiger charge is 2.23. The molecule has 0 saturated carbocycles. The normalized spacial score (nSPS) is 11.0. The van der Waals surface area contributed by atoms with Gasteiger partial charge in [0.25, 0.3) is 11.8 Å². The van der Waals surface area contributed by atoms with Crippen molar-refractivity contribution in [1.82, 2.24) is 15.5 Å². The number of rotatable bonds is 5. The first-order valence-electron chi connectivity index (χ1n) is 8.91. The number of aromatic nitrogens is 2. The van der Waals surface area contributed by atoms with Crippen molar-refractivity contribution in [3.05, 3.63) is 65.5 Å². The summed E-state index contributed by atoms with van der Waals surface area (Å²) in [5, 5.41) is 6.99. The van der Waals surface area contributed by atoms with Crippen LogP contribution in [0.15, 0.2) is 53.1 Å². The molecule has 0 unspecified atom stereocenters. The highest BCUT2D eigenvalue weighted by atomic mass is 35.5. The van der Waals surface area contributed by atoms with Gasteiger partial charge in [0, 0.05) is 17.6 Å². The molecule has 0 fully saturated rings. The van der Waals surface area contributed by atoms with Gasteiger partial charge in [0.15, 0.2) is 5.82 Å². The molecule has 0 spiro atoms. The van der Waals surface area contributed by atoms with E-state index in [1.54, 1.807) is 6.07 Å². The fourth-order valence-electron chi connectivity index (χ4n) is 2.61. The predicted molar refractivity (Wildman–Crippen MR) is 113 cm³/mol. The van der Waals surface area contributed by atoms with E-state index in [-0.39, 0.29) is 23.7 Å². The maximum atomic E-state index is 12.7. The monoisotopic (exact) mass is 400 g/mol. The van der Waals surface area contributed by atoms with Crippen LogP contribution in [0.2, 0.25) is 0 Å². The molecule has 0 aliphatic rings. The van der Waals surface area contributed by atoms with Crippen molar-refractivity contribution in [1.29, 1.82) is 0 Å².